The van der Waals surface area contributed by atoms with Gasteiger partial charge in [0.25, 0.3) is 11.7 Å². The topological polar surface area (TPSA) is 106 Å². The number of ether oxygens (including phenoxy) is 3. The predicted octanol–water partition coefficient (Wildman–Crippen LogP) is 4.04. The molecule has 1 aliphatic heterocycles. The van der Waals surface area contributed by atoms with E-state index in [1.165, 1.54) is 44.4 Å². The maximum atomic E-state index is 13.2. The number of methoxy groups -OCH3 is 3. The lowest BCUT2D eigenvalue weighted by Crippen LogP contribution is -2.29. The number of carbonyl (C=O) groups excluding carboxylic acids is 2. The quantitative estimate of drug-likeness (QED) is 0.324. The molecule has 0 aliphatic carbocycles. The molecule has 1 saturated heterocycles. The van der Waals surface area contributed by atoms with Crippen molar-refractivity contribution in [3.8, 4) is 23.0 Å². The molecule has 1 heterocycles. The number of Topliss-reactive ketones (excluding diaryl/α,β-unsaturated/α-hetero) is 1. The first-order chi connectivity index (χ1) is 16.4. The van der Waals surface area contributed by atoms with Crippen molar-refractivity contribution in [3.05, 3.63) is 83.4 Å². The fourth-order valence-corrected chi connectivity index (χ4v) is 3.99. The smallest absolute Gasteiger partial charge is 0.300 e. The molecule has 0 spiro atoms. The Morgan fingerprint density at radius 1 is 0.853 bits per heavy atom. The second kappa shape index (κ2) is 9.19. The number of carbonyl (C=O) groups is 2. The molecule has 3 aromatic rings. The number of hydrogen-bond donors (Lipinski definition) is 2. The molecule has 0 saturated carbocycles. The van der Waals surface area contributed by atoms with Gasteiger partial charge in [-0.3, -0.25) is 14.5 Å². The Hall–Kier alpha value is -4.46. The Bertz CT molecular complexity index is 1280. The summed E-state index contributed by atoms with van der Waals surface area (Å²) in [6.45, 7) is 0. The highest BCUT2D eigenvalue weighted by Crippen LogP contribution is 2.43. The molecule has 8 nitrogen and oxygen atoms in total. The highest BCUT2D eigenvalue weighted by Gasteiger charge is 2.47. The Labute approximate surface area is 196 Å². The van der Waals surface area contributed by atoms with E-state index in [0.29, 0.717) is 28.5 Å². The van der Waals surface area contributed by atoms with E-state index in [0.717, 1.165) is 0 Å². The number of benzene rings is 3. The average molecular weight is 461 g/mol. The van der Waals surface area contributed by atoms with Crippen molar-refractivity contribution in [3.63, 3.8) is 0 Å². The van der Waals surface area contributed by atoms with Crippen LogP contribution in [0.2, 0.25) is 0 Å². The number of aliphatic hydroxyl groups excluding tert-OH is 1. The van der Waals surface area contributed by atoms with Crippen molar-refractivity contribution in [1.29, 1.82) is 0 Å². The summed E-state index contributed by atoms with van der Waals surface area (Å²) >= 11 is 0. The molecule has 174 valence electrons. The van der Waals surface area contributed by atoms with Gasteiger partial charge in [-0.05, 0) is 60.2 Å². The zero-order valence-corrected chi connectivity index (χ0v) is 18.8. The molecule has 1 amide bonds. The lowest BCUT2D eigenvalue weighted by atomic mass is 9.95. The molecule has 1 fully saturated rings. The van der Waals surface area contributed by atoms with Crippen LogP contribution in [0.5, 0.6) is 23.0 Å². The molecular formula is C26H23NO7. The standard InChI is InChI=1S/C26H23NO7/c1-32-19-10-8-17(9-11-19)27-23(15-5-4-6-18(28)13-15)22(25(30)26(27)31)24(29)16-7-12-20(33-2)21(14-16)34-3/h4-14,23,28-29H,1-3H3/b24-22-. The molecule has 1 atom stereocenters. The first-order valence-corrected chi connectivity index (χ1v) is 10.4. The van der Waals surface area contributed by atoms with Crippen molar-refractivity contribution < 1.29 is 34.0 Å². The minimum absolute atomic E-state index is 0.0380. The molecule has 3 aromatic carbocycles. The normalized spacial score (nSPS) is 17.0. The monoisotopic (exact) mass is 461 g/mol. The fourth-order valence-electron chi connectivity index (χ4n) is 3.99. The Balaban J connectivity index is 1.93. The van der Waals surface area contributed by atoms with Gasteiger partial charge in [-0.25, -0.2) is 0 Å². The van der Waals surface area contributed by atoms with Crippen LogP contribution in [-0.4, -0.2) is 43.2 Å². The van der Waals surface area contributed by atoms with Crippen LogP contribution in [0.3, 0.4) is 0 Å². The van der Waals surface area contributed by atoms with Gasteiger partial charge in [0.1, 0.15) is 17.3 Å². The van der Waals surface area contributed by atoms with Gasteiger partial charge >= 0.3 is 0 Å². The van der Waals surface area contributed by atoms with E-state index in [4.69, 9.17) is 14.2 Å². The van der Waals surface area contributed by atoms with Crippen LogP contribution >= 0.6 is 0 Å². The predicted molar refractivity (Wildman–Crippen MR) is 125 cm³/mol. The van der Waals surface area contributed by atoms with Crippen LogP contribution in [0.15, 0.2) is 72.3 Å². The van der Waals surface area contributed by atoms with E-state index in [1.54, 1.807) is 48.5 Å². The Morgan fingerprint density at radius 2 is 1.56 bits per heavy atom. The number of phenolic OH excluding ortho intramolecular Hbond substituents is 1. The number of anilines is 1. The summed E-state index contributed by atoms with van der Waals surface area (Å²) in [6, 6.07) is 16.6. The van der Waals surface area contributed by atoms with Gasteiger partial charge in [0.2, 0.25) is 0 Å². The Morgan fingerprint density at radius 3 is 2.18 bits per heavy atom. The number of rotatable bonds is 6. The average Bonchev–Trinajstić information content (AvgIpc) is 3.13. The summed E-state index contributed by atoms with van der Waals surface area (Å²) in [4.78, 5) is 27.7. The van der Waals surface area contributed by atoms with E-state index in [9.17, 15) is 19.8 Å². The zero-order chi connectivity index (χ0) is 24.4. The summed E-state index contributed by atoms with van der Waals surface area (Å²) in [5.41, 5.74) is 1.05. The third-order valence-corrected chi connectivity index (χ3v) is 5.64. The first-order valence-electron chi connectivity index (χ1n) is 10.4. The van der Waals surface area contributed by atoms with Crippen molar-refractivity contribution in [2.75, 3.05) is 26.2 Å². The number of phenols is 1. The maximum absolute atomic E-state index is 13.2. The number of aromatic hydroxyl groups is 1. The molecule has 1 unspecified atom stereocenters. The maximum Gasteiger partial charge on any atom is 0.300 e. The first kappa shape index (κ1) is 22.7. The Kier molecular flexibility index (Phi) is 6.14. The largest absolute Gasteiger partial charge is 0.508 e. The summed E-state index contributed by atoms with van der Waals surface area (Å²) in [5, 5.41) is 21.3. The number of amides is 1. The number of ketones is 1. The van der Waals surface area contributed by atoms with Gasteiger partial charge in [0.05, 0.1) is 32.9 Å². The van der Waals surface area contributed by atoms with E-state index >= 15 is 0 Å². The molecule has 34 heavy (non-hydrogen) atoms. The van der Waals surface area contributed by atoms with E-state index in [1.807, 2.05) is 0 Å². The number of aliphatic hydroxyl groups is 1. The summed E-state index contributed by atoms with van der Waals surface area (Å²) in [6.07, 6.45) is 0. The molecule has 0 bridgehead atoms. The highest BCUT2D eigenvalue weighted by molar-refractivity contribution is 6.51. The van der Waals surface area contributed by atoms with Crippen LogP contribution < -0.4 is 19.1 Å². The van der Waals surface area contributed by atoms with Crippen molar-refractivity contribution in [1.82, 2.24) is 0 Å². The third-order valence-electron chi connectivity index (χ3n) is 5.64. The van der Waals surface area contributed by atoms with Gasteiger partial charge in [-0.15, -0.1) is 0 Å². The second-order valence-corrected chi connectivity index (χ2v) is 7.53. The lowest BCUT2D eigenvalue weighted by Gasteiger charge is -2.25. The molecule has 2 N–H and O–H groups in total. The summed E-state index contributed by atoms with van der Waals surface area (Å²) in [5.74, 6) is -0.684. The second-order valence-electron chi connectivity index (χ2n) is 7.53. The van der Waals surface area contributed by atoms with E-state index < -0.39 is 17.7 Å². The SMILES string of the molecule is COc1ccc(N2C(=O)C(=O)/C(=C(\O)c3ccc(OC)c(OC)c3)C2c2cccc(O)c2)cc1. The van der Waals surface area contributed by atoms with Gasteiger partial charge in [0.15, 0.2) is 11.5 Å². The zero-order valence-electron chi connectivity index (χ0n) is 18.8. The molecule has 0 aromatic heterocycles. The molecule has 1 aliphatic rings. The van der Waals surface area contributed by atoms with Gasteiger partial charge in [0, 0.05) is 11.3 Å². The van der Waals surface area contributed by atoms with Crippen molar-refractivity contribution in [2.45, 2.75) is 6.04 Å². The van der Waals surface area contributed by atoms with Crippen LogP contribution in [0, 0.1) is 0 Å². The molecule has 4 rings (SSSR count). The molecule has 8 heteroatoms. The number of nitrogens with zero attached hydrogens (tertiary/aromatic N) is 1. The number of hydrogen-bond acceptors (Lipinski definition) is 7. The van der Waals surface area contributed by atoms with Crippen LogP contribution in [0.25, 0.3) is 5.76 Å². The van der Waals surface area contributed by atoms with Crippen molar-refractivity contribution >= 4 is 23.1 Å². The van der Waals surface area contributed by atoms with E-state index in [-0.39, 0.29) is 22.6 Å². The molecular weight excluding hydrogens is 438 g/mol. The van der Waals surface area contributed by atoms with Crippen LogP contribution in [0.1, 0.15) is 17.2 Å². The van der Waals surface area contributed by atoms with Gasteiger partial charge in [-0.1, -0.05) is 12.1 Å². The third kappa shape index (κ3) is 3.90. The lowest BCUT2D eigenvalue weighted by molar-refractivity contribution is -0.132. The van der Waals surface area contributed by atoms with Gasteiger partial charge < -0.3 is 24.4 Å². The highest BCUT2D eigenvalue weighted by atomic mass is 16.5. The minimum atomic E-state index is -0.978. The summed E-state index contributed by atoms with van der Waals surface area (Å²) in [7, 11) is 4.47. The minimum Gasteiger partial charge on any atom is -0.508 e. The molecule has 0 radical (unpaired) electrons. The van der Waals surface area contributed by atoms with Crippen LogP contribution in [0.4, 0.5) is 5.69 Å². The van der Waals surface area contributed by atoms with Crippen LogP contribution in [-0.2, 0) is 9.59 Å². The fraction of sp³-hybridized carbons (Fsp3) is 0.154. The summed E-state index contributed by atoms with van der Waals surface area (Å²) < 4.78 is 15.7. The van der Waals surface area contributed by atoms with Gasteiger partial charge in [-0.2, -0.15) is 0 Å². The van der Waals surface area contributed by atoms with Crippen molar-refractivity contribution in [2.24, 2.45) is 0 Å². The van der Waals surface area contributed by atoms with E-state index in [2.05, 4.69) is 0 Å².